The zero-order valence-corrected chi connectivity index (χ0v) is 11.7. The van der Waals surface area contributed by atoms with Gasteiger partial charge in [0.2, 0.25) is 0 Å². The third-order valence-electron chi connectivity index (χ3n) is 2.92. The highest BCUT2D eigenvalue weighted by Crippen LogP contribution is 2.16. The third kappa shape index (κ3) is 5.09. The topological polar surface area (TPSA) is 12.0 Å². The second-order valence-corrected chi connectivity index (χ2v) is 5.37. The van der Waals surface area contributed by atoms with E-state index in [2.05, 4.69) is 18.5 Å². The monoisotopic (exact) mass is 255 g/mol. The number of hydrogen-bond donors (Lipinski definition) is 1. The fraction of sp³-hybridized carbons (Fsp3) is 0.571. The van der Waals surface area contributed by atoms with Gasteiger partial charge in [-0.3, -0.25) is 0 Å². The van der Waals surface area contributed by atoms with Crippen LogP contribution in [0.3, 0.4) is 0 Å². The van der Waals surface area contributed by atoms with Crippen molar-refractivity contribution in [2.75, 3.05) is 18.6 Å². The van der Waals surface area contributed by atoms with Crippen molar-refractivity contribution in [2.24, 2.45) is 0 Å². The molecule has 0 bridgehead atoms. The van der Waals surface area contributed by atoms with Crippen LogP contribution in [0.15, 0.2) is 18.2 Å². The van der Waals surface area contributed by atoms with Gasteiger partial charge >= 0.3 is 0 Å². The molecule has 0 heterocycles. The van der Waals surface area contributed by atoms with E-state index in [1.54, 1.807) is 13.0 Å². The van der Waals surface area contributed by atoms with Gasteiger partial charge < -0.3 is 5.32 Å². The van der Waals surface area contributed by atoms with E-state index in [0.29, 0.717) is 5.56 Å². The minimum atomic E-state index is -0.112. The quantitative estimate of drug-likeness (QED) is 0.741. The molecule has 0 aliphatic carbocycles. The fourth-order valence-corrected chi connectivity index (χ4v) is 2.18. The second-order valence-electron chi connectivity index (χ2n) is 4.38. The number of nitrogens with one attached hydrogen (secondary N) is 1. The highest BCUT2D eigenvalue weighted by Gasteiger charge is 2.06. The number of hydrogen-bond acceptors (Lipinski definition) is 2. The van der Waals surface area contributed by atoms with Crippen LogP contribution in [-0.2, 0) is 0 Å². The van der Waals surface area contributed by atoms with Crippen LogP contribution in [0, 0.1) is 12.7 Å². The van der Waals surface area contributed by atoms with Crippen LogP contribution in [0.2, 0.25) is 0 Å². The Bertz CT molecular complexity index is 341. The summed E-state index contributed by atoms with van der Waals surface area (Å²) < 4.78 is 13.4. The molecule has 0 aromatic heterocycles. The van der Waals surface area contributed by atoms with Crippen LogP contribution < -0.4 is 5.32 Å². The van der Waals surface area contributed by atoms with Crippen molar-refractivity contribution in [3.05, 3.63) is 35.1 Å². The van der Waals surface area contributed by atoms with Crippen LogP contribution in [0.25, 0.3) is 0 Å². The maximum Gasteiger partial charge on any atom is 0.126 e. The van der Waals surface area contributed by atoms with Gasteiger partial charge in [-0.05, 0) is 62.4 Å². The maximum absolute atomic E-state index is 13.4. The van der Waals surface area contributed by atoms with Crippen molar-refractivity contribution in [3.63, 3.8) is 0 Å². The Morgan fingerprint density at radius 2 is 2.12 bits per heavy atom. The van der Waals surface area contributed by atoms with E-state index in [0.717, 1.165) is 12.1 Å². The molecule has 0 saturated carbocycles. The van der Waals surface area contributed by atoms with Crippen molar-refractivity contribution in [1.82, 2.24) is 5.32 Å². The van der Waals surface area contributed by atoms with Gasteiger partial charge in [0.05, 0.1) is 0 Å². The lowest BCUT2D eigenvalue weighted by Gasteiger charge is -2.14. The largest absolute Gasteiger partial charge is 0.310 e. The molecular formula is C14H22FNS. The first-order valence-corrected chi connectivity index (χ1v) is 7.53. The molecule has 1 aromatic carbocycles. The molecule has 1 N–H and O–H groups in total. The molecule has 0 aliphatic heterocycles. The summed E-state index contributed by atoms with van der Waals surface area (Å²) >= 11 is 1.88. The highest BCUT2D eigenvalue weighted by atomic mass is 32.2. The van der Waals surface area contributed by atoms with E-state index in [1.807, 2.05) is 23.9 Å². The van der Waals surface area contributed by atoms with E-state index in [1.165, 1.54) is 18.6 Å². The number of benzene rings is 1. The number of unbranched alkanes of at least 4 members (excludes halogenated alkanes) is 1. The summed E-state index contributed by atoms with van der Waals surface area (Å²) in [6, 6.07) is 5.70. The molecule has 0 fully saturated rings. The maximum atomic E-state index is 13.4. The van der Waals surface area contributed by atoms with Gasteiger partial charge in [0.15, 0.2) is 0 Å². The predicted octanol–water partition coefficient (Wildman–Crippen LogP) is 3.93. The molecular weight excluding hydrogens is 233 g/mol. The van der Waals surface area contributed by atoms with E-state index in [9.17, 15) is 4.39 Å². The van der Waals surface area contributed by atoms with Gasteiger partial charge in [-0.2, -0.15) is 11.8 Å². The summed E-state index contributed by atoms with van der Waals surface area (Å²) in [7, 11) is 0. The summed E-state index contributed by atoms with van der Waals surface area (Å²) in [5, 5.41) is 3.43. The van der Waals surface area contributed by atoms with E-state index in [4.69, 9.17) is 0 Å². The highest BCUT2D eigenvalue weighted by molar-refractivity contribution is 7.98. The van der Waals surface area contributed by atoms with Crippen LogP contribution in [0.4, 0.5) is 4.39 Å². The van der Waals surface area contributed by atoms with Gasteiger partial charge in [-0.1, -0.05) is 12.1 Å². The Morgan fingerprint density at radius 3 is 2.76 bits per heavy atom. The molecule has 0 spiro atoms. The summed E-state index contributed by atoms with van der Waals surface area (Å²) in [6.07, 6.45) is 4.55. The summed E-state index contributed by atoms with van der Waals surface area (Å²) in [4.78, 5) is 0. The number of aryl methyl sites for hydroxylation is 1. The molecule has 1 nitrogen and oxygen atoms in total. The SMILES string of the molecule is CSCCCCNC(C)c1ccc(C)c(F)c1. The number of thioether (sulfide) groups is 1. The van der Waals surface area contributed by atoms with Crippen LogP contribution in [0.1, 0.15) is 36.9 Å². The second kappa shape index (κ2) is 7.72. The molecule has 96 valence electrons. The molecule has 1 rings (SSSR count). The lowest BCUT2D eigenvalue weighted by molar-refractivity contribution is 0.548. The van der Waals surface area contributed by atoms with Crippen molar-refractivity contribution < 1.29 is 4.39 Å². The first-order valence-electron chi connectivity index (χ1n) is 6.13. The molecule has 3 heteroatoms. The molecule has 1 aromatic rings. The molecule has 17 heavy (non-hydrogen) atoms. The van der Waals surface area contributed by atoms with Crippen LogP contribution in [-0.4, -0.2) is 18.6 Å². The number of halogens is 1. The van der Waals surface area contributed by atoms with Gasteiger partial charge in [-0.15, -0.1) is 0 Å². The lowest BCUT2D eigenvalue weighted by Crippen LogP contribution is -2.20. The molecule has 0 aliphatic rings. The van der Waals surface area contributed by atoms with Crippen molar-refractivity contribution in [2.45, 2.75) is 32.7 Å². The summed E-state index contributed by atoms with van der Waals surface area (Å²) in [5.74, 6) is 1.11. The van der Waals surface area contributed by atoms with Crippen LogP contribution in [0.5, 0.6) is 0 Å². The van der Waals surface area contributed by atoms with Crippen molar-refractivity contribution in [3.8, 4) is 0 Å². The average molecular weight is 255 g/mol. The number of rotatable bonds is 7. The fourth-order valence-electron chi connectivity index (χ4n) is 1.69. The van der Waals surface area contributed by atoms with Crippen LogP contribution >= 0.6 is 11.8 Å². The molecule has 0 radical (unpaired) electrons. The first-order chi connectivity index (χ1) is 8.15. The zero-order valence-electron chi connectivity index (χ0n) is 10.9. The molecule has 1 unspecified atom stereocenters. The normalized spacial score (nSPS) is 12.7. The summed E-state index contributed by atoms with van der Waals surface area (Å²) in [5.41, 5.74) is 1.74. The Labute approximate surface area is 108 Å². The Balaban J connectivity index is 2.36. The Kier molecular flexibility index (Phi) is 6.60. The van der Waals surface area contributed by atoms with E-state index < -0.39 is 0 Å². The Morgan fingerprint density at radius 1 is 1.35 bits per heavy atom. The molecule has 0 amide bonds. The smallest absolute Gasteiger partial charge is 0.126 e. The van der Waals surface area contributed by atoms with Gasteiger partial charge in [0.1, 0.15) is 5.82 Å². The minimum Gasteiger partial charge on any atom is -0.310 e. The standard InChI is InChI=1S/C14H22FNS/c1-11-6-7-13(10-14(11)15)12(2)16-8-4-5-9-17-3/h6-7,10,12,16H,4-5,8-9H2,1-3H3. The third-order valence-corrected chi connectivity index (χ3v) is 3.62. The van der Waals surface area contributed by atoms with E-state index >= 15 is 0 Å². The average Bonchev–Trinajstić information content (AvgIpc) is 2.32. The van der Waals surface area contributed by atoms with E-state index in [-0.39, 0.29) is 11.9 Å². The van der Waals surface area contributed by atoms with Crippen molar-refractivity contribution in [1.29, 1.82) is 0 Å². The zero-order chi connectivity index (χ0) is 12.7. The first kappa shape index (κ1) is 14.5. The Hall–Kier alpha value is -0.540. The van der Waals surface area contributed by atoms with Crippen molar-refractivity contribution >= 4 is 11.8 Å². The predicted molar refractivity (Wildman–Crippen MR) is 75.2 cm³/mol. The van der Waals surface area contributed by atoms with Gasteiger partial charge in [0.25, 0.3) is 0 Å². The minimum absolute atomic E-state index is 0.112. The van der Waals surface area contributed by atoms with Gasteiger partial charge in [-0.25, -0.2) is 4.39 Å². The molecule has 0 saturated heterocycles. The lowest BCUT2D eigenvalue weighted by atomic mass is 10.1. The van der Waals surface area contributed by atoms with Gasteiger partial charge in [0, 0.05) is 6.04 Å². The molecule has 1 atom stereocenters. The summed E-state index contributed by atoms with van der Waals surface area (Å²) in [6.45, 7) is 4.87.